The van der Waals surface area contributed by atoms with Gasteiger partial charge in [-0.15, -0.1) is 11.3 Å². The molecule has 0 spiro atoms. The molecule has 2 aromatic heterocycles. The van der Waals surface area contributed by atoms with Crippen LogP contribution in [0.1, 0.15) is 10.6 Å². The number of halogens is 1. The number of fused-ring (bicyclic) bond motifs is 1. The van der Waals surface area contributed by atoms with Crippen LogP contribution in [0.25, 0.3) is 21.6 Å². The van der Waals surface area contributed by atoms with E-state index in [1.54, 1.807) is 4.57 Å². The molecule has 4 rings (SSSR count). The maximum atomic E-state index is 12.7. The van der Waals surface area contributed by atoms with Crippen LogP contribution < -0.4 is 5.69 Å². The van der Waals surface area contributed by atoms with Crippen molar-refractivity contribution >= 4 is 33.3 Å². The highest BCUT2D eigenvalue weighted by Crippen LogP contribution is 2.29. The molecule has 0 aliphatic heterocycles. The lowest BCUT2D eigenvalue weighted by Crippen LogP contribution is -2.24. The minimum absolute atomic E-state index is 0.273. The van der Waals surface area contributed by atoms with E-state index in [2.05, 4.69) is 9.97 Å². The van der Waals surface area contributed by atoms with Gasteiger partial charge < -0.3 is 0 Å². The third kappa shape index (κ3) is 3.08. The van der Waals surface area contributed by atoms with Gasteiger partial charge in [0, 0.05) is 10.6 Å². The summed E-state index contributed by atoms with van der Waals surface area (Å²) in [5, 5.41) is 1.58. The molecule has 2 aromatic carbocycles. The van der Waals surface area contributed by atoms with Gasteiger partial charge in [-0.25, -0.2) is 9.78 Å². The SMILES string of the molecule is Cc1nc2c(-c3ccccc3)nc(=O)n(Cc3ccc(Cl)cc3)c2s1. The molecule has 2 heterocycles. The van der Waals surface area contributed by atoms with Gasteiger partial charge in [-0.1, -0.05) is 54.1 Å². The minimum Gasteiger partial charge on any atom is -0.277 e. The summed E-state index contributed by atoms with van der Waals surface area (Å²) in [7, 11) is 0. The molecule has 0 saturated heterocycles. The first-order chi connectivity index (χ1) is 12.1. The van der Waals surface area contributed by atoms with Gasteiger partial charge >= 0.3 is 5.69 Å². The lowest BCUT2D eigenvalue weighted by Gasteiger charge is -2.09. The minimum atomic E-state index is -0.273. The van der Waals surface area contributed by atoms with Crippen LogP contribution in [-0.2, 0) is 6.54 Å². The third-order valence-corrected chi connectivity index (χ3v) is 5.17. The number of hydrogen-bond acceptors (Lipinski definition) is 4. The van der Waals surface area contributed by atoms with Gasteiger partial charge in [0.25, 0.3) is 0 Å². The fraction of sp³-hybridized carbons (Fsp3) is 0.105. The molecule has 0 fully saturated rings. The van der Waals surface area contributed by atoms with Crippen molar-refractivity contribution in [2.75, 3.05) is 0 Å². The molecule has 4 nitrogen and oxygen atoms in total. The second kappa shape index (κ2) is 6.43. The van der Waals surface area contributed by atoms with Crippen molar-refractivity contribution in [3.63, 3.8) is 0 Å². The zero-order valence-electron chi connectivity index (χ0n) is 13.4. The van der Waals surface area contributed by atoms with E-state index in [1.807, 2.05) is 61.5 Å². The Bertz CT molecular complexity index is 1100. The quantitative estimate of drug-likeness (QED) is 0.534. The van der Waals surface area contributed by atoms with E-state index in [0.29, 0.717) is 17.3 Å². The first kappa shape index (κ1) is 16.0. The van der Waals surface area contributed by atoms with Crippen LogP contribution in [0, 0.1) is 6.92 Å². The lowest BCUT2D eigenvalue weighted by molar-refractivity contribution is 0.768. The second-order valence-electron chi connectivity index (χ2n) is 5.71. The summed E-state index contributed by atoms with van der Waals surface area (Å²) in [4.78, 5) is 22.5. The van der Waals surface area contributed by atoms with Crippen molar-refractivity contribution in [1.29, 1.82) is 0 Å². The van der Waals surface area contributed by atoms with Crippen molar-refractivity contribution < 1.29 is 0 Å². The number of aryl methyl sites for hydroxylation is 1. The molecule has 25 heavy (non-hydrogen) atoms. The summed E-state index contributed by atoms with van der Waals surface area (Å²) < 4.78 is 1.68. The van der Waals surface area contributed by atoms with Crippen LogP contribution in [0.2, 0.25) is 5.02 Å². The van der Waals surface area contributed by atoms with Gasteiger partial charge in [-0.2, -0.15) is 4.98 Å². The van der Waals surface area contributed by atoms with E-state index >= 15 is 0 Å². The zero-order valence-corrected chi connectivity index (χ0v) is 15.0. The summed E-state index contributed by atoms with van der Waals surface area (Å²) in [5.74, 6) is 0. The lowest BCUT2D eigenvalue weighted by atomic mass is 10.1. The Hall–Kier alpha value is -2.50. The van der Waals surface area contributed by atoms with Gasteiger partial charge in [0.05, 0.1) is 11.6 Å². The highest BCUT2D eigenvalue weighted by Gasteiger charge is 2.16. The molecule has 0 amide bonds. The number of nitrogens with zero attached hydrogens (tertiary/aromatic N) is 3. The Morgan fingerprint density at radius 3 is 2.48 bits per heavy atom. The highest BCUT2D eigenvalue weighted by molar-refractivity contribution is 7.18. The Kier molecular flexibility index (Phi) is 4.11. The zero-order chi connectivity index (χ0) is 17.4. The fourth-order valence-electron chi connectivity index (χ4n) is 2.76. The summed E-state index contributed by atoms with van der Waals surface area (Å²) in [5.41, 5.74) is 3.02. The van der Waals surface area contributed by atoms with Crippen molar-refractivity contribution in [2.24, 2.45) is 0 Å². The first-order valence-electron chi connectivity index (χ1n) is 7.79. The van der Waals surface area contributed by atoms with Crippen LogP contribution in [0.15, 0.2) is 59.4 Å². The number of thiazole rings is 1. The van der Waals surface area contributed by atoms with Crippen LogP contribution >= 0.6 is 22.9 Å². The topological polar surface area (TPSA) is 47.8 Å². The Morgan fingerprint density at radius 1 is 1.04 bits per heavy atom. The summed E-state index contributed by atoms with van der Waals surface area (Å²) in [6, 6.07) is 17.2. The van der Waals surface area contributed by atoms with Crippen LogP contribution in [0.4, 0.5) is 0 Å². The van der Waals surface area contributed by atoms with Crippen molar-refractivity contribution in [3.8, 4) is 11.3 Å². The molecule has 0 aliphatic carbocycles. The maximum absolute atomic E-state index is 12.7. The average Bonchev–Trinajstić information content (AvgIpc) is 3.01. The largest absolute Gasteiger partial charge is 0.349 e. The van der Waals surface area contributed by atoms with Gasteiger partial charge in [-0.05, 0) is 24.6 Å². The van der Waals surface area contributed by atoms with Crippen molar-refractivity contribution in [2.45, 2.75) is 13.5 Å². The molecule has 0 unspecified atom stereocenters. The number of rotatable bonds is 3. The summed E-state index contributed by atoms with van der Waals surface area (Å²) >= 11 is 7.45. The van der Waals surface area contributed by atoms with E-state index < -0.39 is 0 Å². The molecule has 4 aromatic rings. The van der Waals surface area contributed by atoms with Crippen LogP contribution in [0.5, 0.6) is 0 Å². The van der Waals surface area contributed by atoms with Gasteiger partial charge in [-0.3, -0.25) is 4.57 Å². The van der Waals surface area contributed by atoms with Crippen LogP contribution in [0.3, 0.4) is 0 Å². The van der Waals surface area contributed by atoms with Gasteiger partial charge in [0.2, 0.25) is 0 Å². The number of aromatic nitrogens is 3. The van der Waals surface area contributed by atoms with E-state index in [9.17, 15) is 4.79 Å². The van der Waals surface area contributed by atoms with E-state index in [0.717, 1.165) is 26.5 Å². The molecule has 0 saturated carbocycles. The third-order valence-electron chi connectivity index (χ3n) is 3.93. The van der Waals surface area contributed by atoms with Crippen LogP contribution in [-0.4, -0.2) is 14.5 Å². The molecular weight excluding hydrogens is 354 g/mol. The molecule has 0 N–H and O–H groups in total. The first-order valence-corrected chi connectivity index (χ1v) is 8.99. The number of benzene rings is 2. The summed E-state index contributed by atoms with van der Waals surface area (Å²) in [6.45, 7) is 2.38. The van der Waals surface area contributed by atoms with E-state index in [4.69, 9.17) is 11.6 Å². The average molecular weight is 368 g/mol. The second-order valence-corrected chi connectivity index (χ2v) is 7.33. The highest BCUT2D eigenvalue weighted by atomic mass is 35.5. The van der Waals surface area contributed by atoms with E-state index in [1.165, 1.54) is 11.3 Å². The molecule has 0 atom stereocenters. The van der Waals surface area contributed by atoms with Gasteiger partial charge in [0.15, 0.2) is 0 Å². The van der Waals surface area contributed by atoms with Crippen molar-refractivity contribution in [1.82, 2.24) is 14.5 Å². The van der Waals surface area contributed by atoms with E-state index in [-0.39, 0.29) is 5.69 Å². The molecule has 0 aliphatic rings. The number of hydrogen-bond donors (Lipinski definition) is 0. The fourth-order valence-corrected chi connectivity index (χ4v) is 3.79. The Morgan fingerprint density at radius 2 is 1.76 bits per heavy atom. The predicted octanol–water partition coefficient (Wildman–Crippen LogP) is 4.53. The molecule has 124 valence electrons. The van der Waals surface area contributed by atoms with Crippen molar-refractivity contribution in [3.05, 3.63) is 80.7 Å². The maximum Gasteiger partial charge on any atom is 0.349 e. The molecular formula is C19H14ClN3OS. The summed E-state index contributed by atoms with van der Waals surface area (Å²) in [6.07, 6.45) is 0. The molecule has 0 radical (unpaired) electrons. The Balaban J connectivity index is 1.90. The standard InChI is InChI=1S/C19H14ClN3OS/c1-12-21-17-16(14-5-3-2-4-6-14)22-19(24)23(18(17)25-12)11-13-7-9-15(20)10-8-13/h2-10H,11H2,1H3. The Labute approximate surface area is 153 Å². The normalized spacial score (nSPS) is 11.1. The van der Waals surface area contributed by atoms with Gasteiger partial charge in [0.1, 0.15) is 16.0 Å². The molecule has 6 heteroatoms. The predicted molar refractivity (Wildman–Crippen MR) is 102 cm³/mol. The monoisotopic (exact) mass is 367 g/mol. The molecule has 0 bridgehead atoms. The smallest absolute Gasteiger partial charge is 0.277 e.